The fraction of sp³-hybridized carbons (Fsp3) is 0.294. The van der Waals surface area contributed by atoms with E-state index in [1.807, 2.05) is 31.2 Å². The van der Waals surface area contributed by atoms with E-state index in [0.29, 0.717) is 25.1 Å². The van der Waals surface area contributed by atoms with E-state index in [2.05, 4.69) is 0 Å². The molecule has 2 aromatic rings. The molecule has 2 rings (SSSR count). The van der Waals surface area contributed by atoms with Crippen molar-refractivity contribution < 1.29 is 8.78 Å². The number of hydrogen-bond acceptors (Lipinski definition) is 2. The number of halogens is 2. The highest BCUT2D eigenvalue weighted by Gasteiger charge is 2.15. The van der Waals surface area contributed by atoms with Crippen molar-refractivity contribution in [1.29, 1.82) is 0 Å². The molecule has 0 heterocycles. The molecule has 2 N–H and O–H groups in total. The van der Waals surface area contributed by atoms with Crippen LogP contribution in [0.4, 0.5) is 14.5 Å². The van der Waals surface area contributed by atoms with Crippen LogP contribution in [0, 0.1) is 18.6 Å². The van der Waals surface area contributed by atoms with E-state index in [9.17, 15) is 8.78 Å². The molecular weight excluding hydrogens is 270 g/mol. The molecule has 0 saturated heterocycles. The third kappa shape index (κ3) is 3.79. The van der Waals surface area contributed by atoms with Crippen molar-refractivity contribution in [2.24, 2.45) is 5.73 Å². The average molecular weight is 290 g/mol. The van der Waals surface area contributed by atoms with Crippen LogP contribution in [0.2, 0.25) is 0 Å². The lowest BCUT2D eigenvalue weighted by Gasteiger charge is -2.21. The zero-order chi connectivity index (χ0) is 15.4. The first-order chi connectivity index (χ1) is 10.0. The molecule has 0 aliphatic carbocycles. The molecule has 0 spiro atoms. The number of nitrogens with two attached hydrogens (primary N) is 1. The summed E-state index contributed by atoms with van der Waals surface area (Å²) >= 11 is 0. The van der Waals surface area contributed by atoms with Crippen LogP contribution in [0.5, 0.6) is 0 Å². The van der Waals surface area contributed by atoms with Crippen LogP contribution >= 0.6 is 0 Å². The van der Waals surface area contributed by atoms with Gasteiger partial charge in [0, 0.05) is 13.6 Å². The van der Waals surface area contributed by atoms with Crippen LogP contribution in [0.3, 0.4) is 0 Å². The van der Waals surface area contributed by atoms with Crippen LogP contribution in [0.1, 0.15) is 16.7 Å². The predicted molar refractivity (Wildman–Crippen MR) is 82.4 cm³/mol. The van der Waals surface area contributed by atoms with Gasteiger partial charge in [-0.3, -0.25) is 0 Å². The molecule has 21 heavy (non-hydrogen) atoms. The maximum Gasteiger partial charge on any atom is 0.149 e. The number of rotatable bonds is 5. The minimum atomic E-state index is -0.548. The molecule has 4 heteroatoms. The van der Waals surface area contributed by atoms with Gasteiger partial charge in [-0.15, -0.1) is 0 Å². The molecule has 0 unspecified atom stereocenters. The molecule has 0 amide bonds. The van der Waals surface area contributed by atoms with Gasteiger partial charge in [0.1, 0.15) is 17.3 Å². The largest absolute Gasteiger partial charge is 0.366 e. The maximum atomic E-state index is 14.1. The van der Waals surface area contributed by atoms with E-state index < -0.39 is 11.6 Å². The molecule has 0 aliphatic heterocycles. The number of hydrogen-bond donors (Lipinski definition) is 1. The summed E-state index contributed by atoms with van der Waals surface area (Å²) in [6, 6.07) is 10.6. The Kier molecular flexibility index (Phi) is 4.91. The van der Waals surface area contributed by atoms with Crippen molar-refractivity contribution in [3.05, 3.63) is 64.7 Å². The van der Waals surface area contributed by atoms with Gasteiger partial charge in [0.2, 0.25) is 0 Å². The number of nitrogens with zero attached hydrogens (tertiary/aromatic N) is 1. The molecule has 0 bridgehead atoms. The van der Waals surface area contributed by atoms with Gasteiger partial charge in [0.25, 0.3) is 0 Å². The average Bonchev–Trinajstić information content (AvgIpc) is 2.41. The highest BCUT2D eigenvalue weighted by Crippen LogP contribution is 2.25. The molecule has 0 fully saturated rings. The first-order valence-electron chi connectivity index (χ1n) is 6.96. The van der Waals surface area contributed by atoms with Gasteiger partial charge in [-0.25, -0.2) is 8.78 Å². The normalized spacial score (nSPS) is 10.7. The van der Waals surface area contributed by atoms with Crippen molar-refractivity contribution in [2.75, 3.05) is 18.5 Å². The summed E-state index contributed by atoms with van der Waals surface area (Å²) in [5, 5.41) is 0. The monoisotopic (exact) mass is 290 g/mol. The first kappa shape index (κ1) is 15.4. The second kappa shape index (κ2) is 6.68. The smallest absolute Gasteiger partial charge is 0.149 e. The van der Waals surface area contributed by atoms with E-state index in [0.717, 1.165) is 11.1 Å². The summed E-state index contributed by atoms with van der Waals surface area (Å²) in [5.74, 6) is -1.10. The Morgan fingerprint density at radius 1 is 1.00 bits per heavy atom. The Labute approximate surface area is 124 Å². The van der Waals surface area contributed by atoms with E-state index in [4.69, 9.17) is 5.73 Å². The fourth-order valence-corrected chi connectivity index (χ4v) is 2.34. The van der Waals surface area contributed by atoms with Gasteiger partial charge in [0.15, 0.2) is 0 Å². The summed E-state index contributed by atoms with van der Waals surface area (Å²) in [7, 11) is 1.68. The fourth-order valence-electron chi connectivity index (χ4n) is 2.34. The van der Waals surface area contributed by atoms with E-state index in [1.54, 1.807) is 11.9 Å². The number of aryl methyl sites for hydroxylation is 1. The SMILES string of the molecule is Cc1ccc(CN(C)c2c(F)cc(CCN)cc2F)cc1. The van der Waals surface area contributed by atoms with Crippen LogP contribution in [-0.2, 0) is 13.0 Å². The zero-order valence-corrected chi connectivity index (χ0v) is 12.4. The maximum absolute atomic E-state index is 14.1. The van der Waals surface area contributed by atoms with Gasteiger partial charge < -0.3 is 10.6 Å². The second-order valence-corrected chi connectivity index (χ2v) is 5.29. The highest BCUT2D eigenvalue weighted by atomic mass is 19.1. The molecule has 0 radical (unpaired) electrons. The van der Waals surface area contributed by atoms with Gasteiger partial charge >= 0.3 is 0 Å². The molecule has 0 aliphatic rings. The predicted octanol–water partition coefficient (Wildman–Crippen LogP) is 3.41. The lowest BCUT2D eigenvalue weighted by Crippen LogP contribution is -2.19. The Bertz CT molecular complexity index is 586. The minimum Gasteiger partial charge on any atom is -0.366 e. The van der Waals surface area contributed by atoms with Crippen molar-refractivity contribution >= 4 is 5.69 Å². The minimum absolute atomic E-state index is 0.00338. The third-order valence-corrected chi connectivity index (χ3v) is 3.43. The molecule has 2 nitrogen and oxygen atoms in total. The standard InChI is InChI=1S/C17H20F2N2/c1-12-3-5-13(6-4-12)11-21(2)17-15(18)9-14(7-8-20)10-16(17)19/h3-6,9-10H,7-8,11,20H2,1-2H3. The quantitative estimate of drug-likeness (QED) is 0.914. The highest BCUT2D eigenvalue weighted by molar-refractivity contribution is 5.50. The summed E-state index contributed by atoms with van der Waals surface area (Å²) < 4.78 is 28.3. The Morgan fingerprint density at radius 3 is 2.10 bits per heavy atom. The lowest BCUT2D eigenvalue weighted by molar-refractivity contribution is 0.573. The van der Waals surface area contributed by atoms with Gasteiger partial charge in [0.05, 0.1) is 0 Å². The molecule has 0 aromatic heterocycles. The lowest BCUT2D eigenvalue weighted by atomic mass is 10.1. The number of anilines is 1. The Morgan fingerprint density at radius 2 is 1.57 bits per heavy atom. The van der Waals surface area contributed by atoms with E-state index in [-0.39, 0.29) is 5.69 Å². The summed E-state index contributed by atoms with van der Waals surface area (Å²) in [6.07, 6.45) is 0.468. The molecular formula is C17H20F2N2. The zero-order valence-electron chi connectivity index (χ0n) is 12.4. The van der Waals surface area contributed by atoms with Gasteiger partial charge in [-0.2, -0.15) is 0 Å². The van der Waals surface area contributed by atoms with Gasteiger partial charge in [-0.05, 0) is 43.1 Å². The topological polar surface area (TPSA) is 29.3 Å². The second-order valence-electron chi connectivity index (χ2n) is 5.29. The van der Waals surface area contributed by atoms with Crippen molar-refractivity contribution in [1.82, 2.24) is 0 Å². The van der Waals surface area contributed by atoms with Crippen LogP contribution in [0.15, 0.2) is 36.4 Å². The van der Waals surface area contributed by atoms with Gasteiger partial charge in [-0.1, -0.05) is 29.8 Å². The van der Waals surface area contributed by atoms with E-state index in [1.165, 1.54) is 12.1 Å². The van der Waals surface area contributed by atoms with Crippen molar-refractivity contribution in [3.63, 3.8) is 0 Å². The molecule has 0 saturated carbocycles. The van der Waals surface area contributed by atoms with Crippen molar-refractivity contribution in [2.45, 2.75) is 19.9 Å². The molecule has 2 aromatic carbocycles. The molecule has 112 valence electrons. The summed E-state index contributed by atoms with van der Waals surface area (Å²) in [5.41, 5.74) is 8.16. The number of benzene rings is 2. The van der Waals surface area contributed by atoms with Crippen LogP contribution < -0.4 is 10.6 Å². The first-order valence-corrected chi connectivity index (χ1v) is 6.96. The van der Waals surface area contributed by atoms with Crippen molar-refractivity contribution in [3.8, 4) is 0 Å². The van der Waals surface area contributed by atoms with Crippen LogP contribution in [0.25, 0.3) is 0 Å². The summed E-state index contributed by atoms with van der Waals surface area (Å²) in [6.45, 7) is 2.82. The molecule has 0 atom stereocenters. The van der Waals surface area contributed by atoms with Crippen LogP contribution in [-0.4, -0.2) is 13.6 Å². The van der Waals surface area contributed by atoms with E-state index >= 15 is 0 Å². The Hall–Kier alpha value is -1.94. The Balaban J connectivity index is 2.22. The third-order valence-electron chi connectivity index (χ3n) is 3.43. The summed E-state index contributed by atoms with van der Waals surface area (Å²) in [4.78, 5) is 1.58.